The average Bonchev–Trinajstić information content (AvgIpc) is 2.49. The Morgan fingerprint density at radius 3 is 2.60 bits per heavy atom. The van der Waals surface area contributed by atoms with Gasteiger partial charge < -0.3 is 14.2 Å². The van der Waals surface area contributed by atoms with E-state index in [9.17, 15) is 4.39 Å². The first kappa shape index (κ1) is 15.1. The van der Waals surface area contributed by atoms with Crippen LogP contribution in [0.2, 0.25) is 0 Å². The van der Waals surface area contributed by atoms with Crippen LogP contribution in [-0.2, 0) is 11.2 Å². The van der Waals surface area contributed by atoms with Gasteiger partial charge in [0.15, 0.2) is 11.5 Å². The maximum Gasteiger partial charge on any atom is 0.166 e. The lowest BCUT2D eigenvalue weighted by atomic mass is 10.1. The Hall–Kier alpha value is -1.33. The van der Waals surface area contributed by atoms with E-state index in [0.29, 0.717) is 23.5 Å². The van der Waals surface area contributed by atoms with Gasteiger partial charge in [-0.1, -0.05) is 0 Å². The highest BCUT2D eigenvalue weighted by Gasteiger charge is 2.16. The molecule has 20 heavy (non-hydrogen) atoms. The third kappa shape index (κ3) is 3.61. The minimum atomic E-state index is -0.232. The van der Waals surface area contributed by atoms with E-state index in [0.717, 1.165) is 39.3 Å². The summed E-state index contributed by atoms with van der Waals surface area (Å²) in [6.07, 6.45) is 1.53. The van der Waals surface area contributed by atoms with Gasteiger partial charge in [-0.25, -0.2) is 4.39 Å². The number of nitrogens with zero attached hydrogens (tertiary/aromatic N) is 1. The molecule has 0 aromatic heterocycles. The van der Waals surface area contributed by atoms with Crippen LogP contribution in [0.15, 0.2) is 12.1 Å². The number of hydrogen-bond acceptors (Lipinski definition) is 4. The summed E-state index contributed by atoms with van der Waals surface area (Å²) >= 11 is 0. The first-order valence-electron chi connectivity index (χ1n) is 6.95. The molecule has 0 atom stereocenters. The van der Waals surface area contributed by atoms with Gasteiger partial charge in [0, 0.05) is 18.7 Å². The second-order valence-corrected chi connectivity index (χ2v) is 4.82. The third-order valence-electron chi connectivity index (χ3n) is 3.60. The molecule has 5 heteroatoms. The van der Waals surface area contributed by atoms with E-state index < -0.39 is 0 Å². The van der Waals surface area contributed by atoms with E-state index in [4.69, 9.17) is 14.2 Å². The summed E-state index contributed by atoms with van der Waals surface area (Å²) in [5, 5.41) is 0. The second-order valence-electron chi connectivity index (χ2n) is 4.82. The summed E-state index contributed by atoms with van der Waals surface area (Å²) in [4.78, 5) is 2.34. The van der Waals surface area contributed by atoms with Crippen LogP contribution in [0.3, 0.4) is 0 Å². The number of benzene rings is 1. The monoisotopic (exact) mass is 283 g/mol. The average molecular weight is 283 g/mol. The molecule has 1 aromatic carbocycles. The topological polar surface area (TPSA) is 30.9 Å². The SMILES string of the molecule is COc1ccc(F)c(CCCN2CCOCC2)c1OC. The van der Waals surface area contributed by atoms with Crippen molar-refractivity contribution in [3.05, 3.63) is 23.5 Å². The molecular formula is C15H22FNO3. The van der Waals surface area contributed by atoms with Crippen LogP contribution in [0.1, 0.15) is 12.0 Å². The zero-order valence-electron chi connectivity index (χ0n) is 12.2. The zero-order valence-corrected chi connectivity index (χ0v) is 12.2. The lowest BCUT2D eigenvalue weighted by Gasteiger charge is -2.26. The fourth-order valence-corrected chi connectivity index (χ4v) is 2.50. The number of rotatable bonds is 6. The van der Waals surface area contributed by atoms with Crippen LogP contribution < -0.4 is 9.47 Å². The Balaban J connectivity index is 1.97. The molecule has 0 unspecified atom stereocenters. The van der Waals surface area contributed by atoms with Crippen molar-refractivity contribution in [3.63, 3.8) is 0 Å². The maximum atomic E-state index is 13.9. The molecule has 0 spiro atoms. The standard InChI is InChI=1S/C15H22FNO3/c1-18-14-6-5-13(16)12(15(14)19-2)4-3-7-17-8-10-20-11-9-17/h5-6H,3-4,7-11H2,1-2H3. The van der Waals surface area contributed by atoms with Gasteiger partial charge in [0.1, 0.15) is 5.82 Å². The van der Waals surface area contributed by atoms with Crippen LogP contribution in [0.5, 0.6) is 11.5 Å². The molecule has 0 amide bonds. The molecule has 1 fully saturated rings. The Morgan fingerprint density at radius 1 is 1.20 bits per heavy atom. The molecule has 1 aromatic rings. The van der Waals surface area contributed by atoms with Crippen LogP contribution in [0, 0.1) is 5.82 Å². The van der Waals surface area contributed by atoms with Gasteiger partial charge in [0.2, 0.25) is 0 Å². The van der Waals surface area contributed by atoms with Crippen molar-refractivity contribution in [2.75, 3.05) is 47.1 Å². The van der Waals surface area contributed by atoms with Crippen molar-refractivity contribution in [2.24, 2.45) is 0 Å². The minimum Gasteiger partial charge on any atom is -0.493 e. The quantitative estimate of drug-likeness (QED) is 0.800. The van der Waals surface area contributed by atoms with E-state index in [1.807, 2.05) is 0 Å². The summed E-state index contributed by atoms with van der Waals surface area (Å²) in [5.41, 5.74) is 0.597. The number of hydrogen-bond donors (Lipinski definition) is 0. The molecule has 1 heterocycles. The van der Waals surface area contributed by atoms with Gasteiger partial charge in [-0.05, 0) is 31.5 Å². The van der Waals surface area contributed by atoms with Gasteiger partial charge in [0.25, 0.3) is 0 Å². The number of morpholine rings is 1. The molecule has 0 N–H and O–H groups in total. The van der Waals surface area contributed by atoms with Crippen molar-refractivity contribution in [1.29, 1.82) is 0 Å². The minimum absolute atomic E-state index is 0.232. The lowest BCUT2D eigenvalue weighted by Crippen LogP contribution is -2.37. The molecule has 1 saturated heterocycles. The molecule has 112 valence electrons. The predicted octanol–water partition coefficient (Wildman–Crippen LogP) is 2.11. The van der Waals surface area contributed by atoms with Crippen molar-refractivity contribution < 1.29 is 18.6 Å². The fourth-order valence-electron chi connectivity index (χ4n) is 2.50. The van der Waals surface area contributed by atoms with Crippen molar-refractivity contribution in [2.45, 2.75) is 12.8 Å². The van der Waals surface area contributed by atoms with E-state index in [1.165, 1.54) is 6.07 Å². The zero-order chi connectivity index (χ0) is 14.4. The summed E-state index contributed by atoms with van der Waals surface area (Å²) in [7, 11) is 3.11. The Bertz CT molecular complexity index is 433. The summed E-state index contributed by atoms with van der Waals surface area (Å²) < 4.78 is 29.8. The predicted molar refractivity (Wildman–Crippen MR) is 75.1 cm³/mol. The molecule has 0 bridgehead atoms. The van der Waals surface area contributed by atoms with E-state index in [1.54, 1.807) is 20.3 Å². The van der Waals surface area contributed by atoms with Crippen LogP contribution in [0.4, 0.5) is 4.39 Å². The summed E-state index contributed by atoms with van der Waals surface area (Å²) in [6.45, 7) is 4.44. The Kier molecular flexibility index (Phi) is 5.61. The van der Waals surface area contributed by atoms with E-state index in [-0.39, 0.29) is 5.82 Å². The third-order valence-corrected chi connectivity index (χ3v) is 3.60. The molecule has 1 aliphatic heterocycles. The van der Waals surface area contributed by atoms with E-state index >= 15 is 0 Å². The highest BCUT2D eigenvalue weighted by atomic mass is 19.1. The Morgan fingerprint density at radius 2 is 1.95 bits per heavy atom. The number of ether oxygens (including phenoxy) is 3. The normalized spacial score (nSPS) is 16.1. The molecule has 0 aliphatic carbocycles. The van der Waals surface area contributed by atoms with Gasteiger partial charge >= 0.3 is 0 Å². The molecule has 4 nitrogen and oxygen atoms in total. The Labute approximate surface area is 119 Å². The fraction of sp³-hybridized carbons (Fsp3) is 0.600. The second kappa shape index (κ2) is 7.45. The summed E-state index contributed by atoms with van der Waals surface area (Å²) in [6, 6.07) is 3.03. The van der Waals surface area contributed by atoms with Crippen LogP contribution >= 0.6 is 0 Å². The van der Waals surface area contributed by atoms with Crippen LogP contribution in [0.25, 0.3) is 0 Å². The molecule has 2 rings (SSSR count). The lowest BCUT2D eigenvalue weighted by molar-refractivity contribution is 0.0374. The molecular weight excluding hydrogens is 261 g/mol. The number of halogens is 1. The number of methoxy groups -OCH3 is 2. The molecule has 0 radical (unpaired) electrons. The maximum absolute atomic E-state index is 13.9. The largest absolute Gasteiger partial charge is 0.493 e. The van der Waals surface area contributed by atoms with Gasteiger partial charge in [-0.2, -0.15) is 0 Å². The highest BCUT2D eigenvalue weighted by molar-refractivity contribution is 5.47. The first-order valence-corrected chi connectivity index (χ1v) is 6.95. The van der Waals surface area contributed by atoms with Crippen LogP contribution in [-0.4, -0.2) is 52.0 Å². The smallest absolute Gasteiger partial charge is 0.166 e. The highest BCUT2D eigenvalue weighted by Crippen LogP contribution is 2.33. The van der Waals surface area contributed by atoms with Gasteiger partial charge in [0.05, 0.1) is 27.4 Å². The van der Waals surface area contributed by atoms with Crippen molar-refractivity contribution in [3.8, 4) is 11.5 Å². The molecule has 1 aliphatic rings. The van der Waals surface area contributed by atoms with Crippen molar-refractivity contribution >= 4 is 0 Å². The van der Waals surface area contributed by atoms with Crippen molar-refractivity contribution in [1.82, 2.24) is 4.90 Å². The van der Waals surface area contributed by atoms with Gasteiger partial charge in [-0.15, -0.1) is 0 Å². The molecule has 0 saturated carbocycles. The van der Waals surface area contributed by atoms with E-state index in [2.05, 4.69) is 4.90 Å². The first-order chi connectivity index (χ1) is 9.76. The van der Waals surface area contributed by atoms with Gasteiger partial charge in [-0.3, -0.25) is 4.90 Å². The summed E-state index contributed by atoms with van der Waals surface area (Å²) in [5.74, 6) is 0.856.